The second-order valence-corrected chi connectivity index (χ2v) is 6.71. The topological polar surface area (TPSA) is 46.1 Å². The van der Waals surface area contributed by atoms with Gasteiger partial charge in [0.15, 0.2) is 0 Å². The van der Waals surface area contributed by atoms with Crippen LogP contribution in [0.4, 0.5) is 4.39 Å². The minimum atomic E-state index is -0.222. The first-order valence-electron chi connectivity index (χ1n) is 9.12. The fourth-order valence-electron chi connectivity index (χ4n) is 3.60. The van der Waals surface area contributed by atoms with Gasteiger partial charge in [-0.15, -0.1) is 0 Å². The van der Waals surface area contributed by atoms with Gasteiger partial charge >= 0.3 is 0 Å². The zero-order valence-electron chi connectivity index (χ0n) is 14.9. The highest BCUT2D eigenvalue weighted by Gasteiger charge is 2.31. The maximum Gasteiger partial charge on any atom is 0.254 e. The monoisotopic (exact) mass is 361 g/mol. The lowest BCUT2D eigenvalue weighted by Crippen LogP contribution is -2.31. The van der Waals surface area contributed by atoms with E-state index >= 15 is 0 Å². The first kappa shape index (κ1) is 17.3. The highest BCUT2D eigenvalue weighted by Crippen LogP contribution is 2.32. The van der Waals surface area contributed by atoms with Crippen LogP contribution in [0.2, 0.25) is 0 Å². The third-order valence-corrected chi connectivity index (χ3v) is 4.94. The zero-order chi connectivity index (χ0) is 18.6. The molecule has 1 aromatic carbocycles. The summed E-state index contributed by atoms with van der Waals surface area (Å²) in [6.07, 6.45) is 5.52. The summed E-state index contributed by atoms with van der Waals surface area (Å²) < 4.78 is 13.9. The van der Waals surface area contributed by atoms with Crippen LogP contribution in [0.5, 0.6) is 0 Å². The van der Waals surface area contributed by atoms with Crippen LogP contribution in [0.3, 0.4) is 0 Å². The molecule has 1 atom stereocenters. The summed E-state index contributed by atoms with van der Waals surface area (Å²) in [4.78, 5) is 23.5. The van der Waals surface area contributed by atoms with Crippen LogP contribution >= 0.6 is 0 Å². The van der Waals surface area contributed by atoms with Crippen molar-refractivity contribution in [3.63, 3.8) is 0 Å². The Labute approximate surface area is 157 Å². The average molecular weight is 361 g/mol. The summed E-state index contributed by atoms with van der Waals surface area (Å²) in [6, 6.07) is 16.0. The van der Waals surface area contributed by atoms with E-state index in [1.165, 1.54) is 6.07 Å². The molecular formula is C22H20FN3O. The standard InChI is InChI=1S/C22H20FN3O/c23-19-7-2-1-5-17(19)15-18-6-3-8-20(25-18)21-9-4-14-26(21)22(27)16-10-12-24-13-11-16/h1-3,5-8,10-13,21H,4,9,14-15H2. The Kier molecular flexibility index (Phi) is 4.92. The highest BCUT2D eigenvalue weighted by molar-refractivity contribution is 5.94. The van der Waals surface area contributed by atoms with E-state index in [1.807, 2.05) is 29.2 Å². The maximum atomic E-state index is 13.9. The van der Waals surface area contributed by atoms with Gasteiger partial charge in [0, 0.05) is 36.6 Å². The predicted molar refractivity (Wildman–Crippen MR) is 101 cm³/mol. The molecule has 0 saturated carbocycles. The van der Waals surface area contributed by atoms with Crippen molar-refractivity contribution < 1.29 is 9.18 Å². The number of carbonyl (C=O) groups is 1. The van der Waals surface area contributed by atoms with Gasteiger partial charge in [0.2, 0.25) is 0 Å². The number of hydrogen-bond acceptors (Lipinski definition) is 3. The van der Waals surface area contributed by atoms with Crippen LogP contribution < -0.4 is 0 Å². The number of hydrogen-bond donors (Lipinski definition) is 0. The molecule has 0 spiro atoms. The Balaban J connectivity index is 1.57. The lowest BCUT2D eigenvalue weighted by Gasteiger charge is -2.24. The van der Waals surface area contributed by atoms with Crippen LogP contribution in [0, 0.1) is 5.82 Å². The van der Waals surface area contributed by atoms with Crippen molar-refractivity contribution in [1.29, 1.82) is 0 Å². The number of amides is 1. The van der Waals surface area contributed by atoms with Crippen LogP contribution in [0.15, 0.2) is 67.0 Å². The number of likely N-dealkylation sites (tertiary alicyclic amines) is 1. The van der Waals surface area contributed by atoms with Gasteiger partial charge < -0.3 is 4.90 Å². The Bertz CT molecular complexity index is 945. The first-order chi connectivity index (χ1) is 13.2. The Hall–Kier alpha value is -3.08. The van der Waals surface area contributed by atoms with Gasteiger partial charge in [-0.2, -0.15) is 0 Å². The summed E-state index contributed by atoms with van der Waals surface area (Å²) >= 11 is 0. The molecule has 0 radical (unpaired) electrons. The smallest absolute Gasteiger partial charge is 0.254 e. The molecule has 27 heavy (non-hydrogen) atoms. The number of aromatic nitrogens is 2. The third-order valence-electron chi connectivity index (χ3n) is 4.94. The number of nitrogens with zero attached hydrogens (tertiary/aromatic N) is 3. The van der Waals surface area contributed by atoms with Gasteiger partial charge in [0.25, 0.3) is 5.91 Å². The van der Waals surface area contributed by atoms with Gasteiger partial charge in [0.05, 0.1) is 11.7 Å². The number of pyridine rings is 2. The minimum Gasteiger partial charge on any atom is -0.330 e. The second-order valence-electron chi connectivity index (χ2n) is 6.71. The third kappa shape index (κ3) is 3.72. The quantitative estimate of drug-likeness (QED) is 0.700. The fourth-order valence-corrected chi connectivity index (χ4v) is 3.60. The summed E-state index contributed by atoms with van der Waals surface area (Å²) in [7, 11) is 0. The van der Waals surface area contributed by atoms with E-state index in [1.54, 1.807) is 36.7 Å². The normalized spacial score (nSPS) is 16.5. The molecule has 4 nitrogen and oxygen atoms in total. The van der Waals surface area contributed by atoms with E-state index in [9.17, 15) is 9.18 Å². The molecule has 3 aromatic rings. The zero-order valence-corrected chi connectivity index (χ0v) is 14.9. The molecule has 5 heteroatoms. The van der Waals surface area contributed by atoms with Crippen LogP contribution in [-0.4, -0.2) is 27.3 Å². The molecule has 4 rings (SSSR count). The Morgan fingerprint density at radius 1 is 1.07 bits per heavy atom. The molecule has 1 fully saturated rings. The molecule has 1 saturated heterocycles. The van der Waals surface area contributed by atoms with Crippen molar-refractivity contribution in [2.75, 3.05) is 6.54 Å². The van der Waals surface area contributed by atoms with E-state index in [-0.39, 0.29) is 17.8 Å². The van der Waals surface area contributed by atoms with Crippen molar-refractivity contribution in [3.05, 3.63) is 95.3 Å². The van der Waals surface area contributed by atoms with Crippen molar-refractivity contribution in [3.8, 4) is 0 Å². The molecule has 1 amide bonds. The molecule has 136 valence electrons. The molecule has 3 heterocycles. The largest absolute Gasteiger partial charge is 0.330 e. The number of benzene rings is 1. The maximum absolute atomic E-state index is 13.9. The van der Waals surface area contributed by atoms with Gasteiger partial charge in [-0.3, -0.25) is 14.8 Å². The van der Waals surface area contributed by atoms with Crippen LogP contribution in [-0.2, 0) is 6.42 Å². The molecule has 0 bridgehead atoms. The first-order valence-corrected chi connectivity index (χ1v) is 9.12. The number of carbonyl (C=O) groups excluding carboxylic acids is 1. The van der Waals surface area contributed by atoms with E-state index < -0.39 is 0 Å². The van der Waals surface area contributed by atoms with E-state index in [0.29, 0.717) is 24.1 Å². The van der Waals surface area contributed by atoms with Crippen molar-refractivity contribution in [2.45, 2.75) is 25.3 Å². The van der Waals surface area contributed by atoms with Crippen molar-refractivity contribution in [1.82, 2.24) is 14.9 Å². The summed E-state index contributed by atoms with van der Waals surface area (Å²) in [5, 5.41) is 0. The Morgan fingerprint density at radius 3 is 2.70 bits per heavy atom. The van der Waals surface area contributed by atoms with E-state index in [2.05, 4.69) is 4.98 Å². The summed E-state index contributed by atoms with van der Waals surface area (Å²) in [5.74, 6) is -0.221. The minimum absolute atomic E-state index is 0.00112. The molecule has 1 unspecified atom stereocenters. The molecule has 0 aliphatic carbocycles. The Morgan fingerprint density at radius 2 is 1.89 bits per heavy atom. The highest BCUT2D eigenvalue weighted by atomic mass is 19.1. The van der Waals surface area contributed by atoms with Gasteiger partial charge in [-0.25, -0.2) is 4.39 Å². The number of halogens is 1. The predicted octanol–water partition coefficient (Wildman–Crippen LogP) is 4.18. The average Bonchev–Trinajstić information content (AvgIpc) is 3.20. The molecule has 2 aromatic heterocycles. The van der Waals surface area contributed by atoms with Crippen molar-refractivity contribution in [2.24, 2.45) is 0 Å². The van der Waals surface area contributed by atoms with Gasteiger partial charge in [0.1, 0.15) is 5.82 Å². The lowest BCUT2D eigenvalue weighted by atomic mass is 10.1. The molecule has 0 N–H and O–H groups in total. The van der Waals surface area contributed by atoms with Crippen LogP contribution in [0.25, 0.3) is 0 Å². The van der Waals surface area contributed by atoms with Gasteiger partial charge in [-0.1, -0.05) is 24.3 Å². The van der Waals surface area contributed by atoms with Crippen LogP contribution in [0.1, 0.15) is 46.2 Å². The molecular weight excluding hydrogens is 341 g/mol. The summed E-state index contributed by atoms with van der Waals surface area (Å²) in [5.41, 5.74) is 2.93. The van der Waals surface area contributed by atoms with Gasteiger partial charge in [-0.05, 0) is 48.7 Å². The van der Waals surface area contributed by atoms with E-state index in [0.717, 1.165) is 24.2 Å². The second kappa shape index (κ2) is 7.66. The summed E-state index contributed by atoms with van der Waals surface area (Å²) in [6.45, 7) is 0.713. The SMILES string of the molecule is O=C(c1ccncc1)N1CCCC1c1cccc(Cc2ccccc2F)n1. The number of rotatable bonds is 4. The molecule has 1 aliphatic heterocycles. The fraction of sp³-hybridized carbons (Fsp3) is 0.227. The van der Waals surface area contributed by atoms with E-state index in [4.69, 9.17) is 4.98 Å². The molecule has 1 aliphatic rings. The van der Waals surface area contributed by atoms with Crippen molar-refractivity contribution >= 4 is 5.91 Å². The lowest BCUT2D eigenvalue weighted by molar-refractivity contribution is 0.0732.